The zero-order valence-corrected chi connectivity index (χ0v) is 19.0. The van der Waals surface area contributed by atoms with Gasteiger partial charge in [-0.3, -0.25) is 9.59 Å². The molecule has 0 atom stereocenters. The molecule has 1 aromatic carbocycles. The lowest BCUT2D eigenvalue weighted by atomic mass is 9.95. The predicted molar refractivity (Wildman–Crippen MR) is 131 cm³/mol. The van der Waals surface area contributed by atoms with E-state index >= 15 is 0 Å². The van der Waals surface area contributed by atoms with Crippen molar-refractivity contribution in [1.82, 2.24) is 14.1 Å². The van der Waals surface area contributed by atoms with Crippen molar-refractivity contribution in [1.29, 1.82) is 0 Å². The van der Waals surface area contributed by atoms with Crippen LogP contribution in [-0.2, 0) is 6.54 Å². The molecule has 1 aliphatic heterocycles. The zero-order chi connectivity index (χ0) is 23.1. The van der Waals surface area contributed by atoms with Gasteiger partial charge in [-0.05, 0) is 48.7 Å². The Hall–Kier alpha value is -3.61. The van der Waals surface area contributed by atoms with Gasteiger partial charge in [0.05, 0.1) is 41.6 Å². The molecule has 0 amide bonds. The topological polar surface area (TPSA) is 75.4 Å². The first kappa shape index (κ1) is 21.0. The molecule has 1 fully saturated rings. The van der Waals surface area contributed by atoms with Gasteiger partial charge in [-0.2, -0.15) is 0 Å². The Balaban J connectivity index is 1.39. The molecule has 7 heteroatoms. The number of aromatic nitrogens is 3. The van der Waals surface area contributed by atoms with Gasteiger partial charge in [0, 0.05) is 24.9 Å². The van der Waals surface area contributed by atoms with Crippen LogP contribution in [-0.4, -0.2) is 27.3 Å². The summed E-state index contributed by atoms with van der Waals surface area (Å²) in [6.45, 7) is 1.65. The number of ether oxygens (including phenoxy) is 2. The van der Waals surface area contributed by atoms with Gasteiger partial charge in [-0.1, -0.05) is 25.3 Å². The van der Waals surface area contributed by atoms with Gasteiger partial charge >= 0.3 is 0 Å². The highest BCUT2D eigenvalue weighted by Crippen LogP contribution is 2.31. The van der Waals surface area contributed by atoms with Gasteiger partial charge in [0.25, 0.3) is 11.1 Å². The number of hydrogen-bond acceptors (Lipinski definition) is 5. The van der Waals surface area contributed by atoms with Crippen LogP contribution in [0.3, 0.4) is 0 Å². The monoisotopic (exact) mass is 457 g/mol. The molecule has 0 N–H and O–H groups in total. The molecule has 0 spiro atoms. The molecular formula is C27H27N3O4. The number of fused-ring (bicyclic) bond motifs is 3. The Labute approximate surface area is 196 Å². The quantitative estimate of drug-likeness (QED) is 0.426. The minimum absolute atomic E-state index is 0.0588. The largest absolute Gasteiger partial charge is 0.490 e. The highest BCUT2D eigenvalue weighted by Gasteiger charge is 2.18. The highest BCUT2D eigenvalue weighted by atomic mass is 16.5. The molecule has 0 unspecified atom stereocenters. The fourth-order valence-electron chi connectivity index (χ4n) is 5.15. The normalized spacial score (nSPS) is 16.6. The Morgan fingerprint density at radius 1 is 0.794 bits per heavy atom. The predicted octanol–water partition coefficient (Wildman–Crippen LogP) is 4.43. The molecule has 4 heterocycles. The van der Waals surface area contributed by atoms with Gasteiger partial charge in [-0.15, -0.1) is 0 Å². The molecule has 1 saturated carbocycles. The maximum Gasteiger partial charge on any atom is 0.260 e. The Bertz CT molecular complexity index is 1500. The van der Waals surface area contributed by atoms with Gasteiger partial charge in [0.1, 0.15) is 0 Å². The van der Waals surface area contributed by atoms with Crippen molar-refractivity contribution in [3.8, 4) is 11.5 Å². The van der Waals surface area contributed by atoms with Crippen molar-refractivity contribution >= 4 is 21.8 Å². The van der Waals surface area contributed by atoms with Crippen molar-refractivity contribution in [2.24, 2.45) is 0 Å². The van der Waals surface area contributed by atoms with Crippen LogP contribution >= 0.6 is 0 Å². The van der Waals surface area contributed by atoms with Crippen LogP contribution in [0.5, 0.6) is 11.5 Å². The third kappa shape index (κ3) is 3.75. The van der Waals surface area contributed by atoms with Gasteiger partial charge in [0.15, 0.2) is 11.5 Å². The van der Waals surface area contributed by atoms with Crippen molar-refractivity contribution in [3.63, 3.8) is 0 Å². The summed E-state index contributed by atoms with van der Waals surface area (Å²) in [5.41, 5.74) is 1.95. The zero-order valence-electron chi connectivity index (χ0n) is 19.0. The second-order valence-electron chi connectivity index (χ2n) is 9.25. The summed E-state index contributed by atoms with van der Waals surface area (Å²) in [4.78, 5) is 31.3. The minimum atomic E-state index is -0.161. The summed E-state index contributed by atoms with van der Waals surface area (Å²) in [5.74, 6) is 1.44. The van der Waals surface area contributed by atoms with Gasteiger partial charge in [0.2, 0.25) is 0 Å². The summed E-state index contributed by atoms with van der Waals surface area (Å²) >= 11 is 0. The van der Waals surface area contributed by atoms with Crippen LogP contribution < -0.4 is 20.6 Å². The first-order chi connectivity index (χ1) is 16.7. The van der Waals surface area contributed by atoms with E-state index in [0.717, 1.165) is 43.4 Å². The van der Waals surface area contributed by atoms with E-state index in [4.69, 9.17) is 9.47 Å². The Morgan fingerprint density at radius 3 is 2.35 bits per heavy atom. The molecule has 0 saturated heterocycles. The highest BCUT2D eigenvalue weighted by molar-refractivity contribution is 5.91. The van der Waals surface area contributed by atoms with E-state index in [9.17, 15) is 9.59 Å². The second kappa shape index (κ2) is 8.63. The number of rotatable bonds is 3. The molecule has 174 valence electrons. The molecule has 3 aromatic heterocycles. The number of hydrogen-bond donors (Lipinski definition) is 0. The van der Waals surface area contributed by atoms with Crippen molar-refractivity contribution < 1.29 is 9.47 Å². The number of benzene rings is 1. The van der Waals surface area contributed by atoms with E-state index in [2.05, 4.69) is 4.98 Å². The van der Waals surface area contributed by atoms with E-state index in [1.807, 2.05) is 41.1 Å². The van der Waals surface area contributed by atoms with Crippen LogP contribution in [0, 0.1) is 0 Å². The SMILES string of the molecule is O=c1c2cc3c(=O)n(C4CCCCC4)ccc3nc2ccn1Cc1ccc2c(c1)OCCCO2. The third-order valence-corrected chi connectivity index (χ3v) is 6.98. The first-order valence-electron chi connectivity index (χ1n) is 12.1. The molecule has 7 nitrogen and oxygen atoms in total. The summed E-state index contributed by atoms with van der Waals surface area (Å²) < 4.78 is 15.0. The van der Waals surface area contributed by atoms with Crippen molar-refractivity contribution in [3.05, 3.63) is 75.1 Å². The van der Waals surface area contributed by atoms with Crippen molar-refractivity contribution in [2.45, 2.75) is 51.1 Å². The lowest BCUT2D eigenvalue weighted by Gasteiger charge is -2.24. The first-order valence-corrected chi connectivity index (χ1v) is 12.1. The van der Waals surface area contributed by atoms with Gasteiger partial charge < -0.3 is 18.6 Å². The van der Waals surface area contributed by atoms with Crippen LogP contribution in [0.2, 0.25) is 0 Å². The summed E-state index contributed by atoms with van der Waals surface area (Å²) in [5, 5.41) is 0.967. The van der Waals surface area contributed by atoms with Crippen LogP contribution in [0.1, 0.15) is 50.1 Å². The van der Waals surface area contributed by atoms with E-state index < -0.39 is 0 Å². The summed E-state index contributed by atoms with van der Waals surface area (Å²) in [6, 6.07) is 11.5. The molecule has 2 aliphatic rings. The van der Waals surface area contributed by atoms with Crippen LogP contribution in [0.15, 0.2) is 58.4 Å². The average Bonchev–Trinajstić information content (AvgIpc) is 3.11. The van der Waals surface area contributed by atoms with E-state index in [1.165, 1.54) is 6.42 Å². The minimum Gasteiger partial charge on any atom is -0.490 e. The molecule has 34 heavy (non-hydrogen) atoms. The molecule has 1 aliphatic carbocycles. The molecule has 6 rings (SSSR count). The lowest BCUT2D eigenvalue weighted by molar-refractivity contribution is 0.297. The average molecular weight is 458 g/mol. The molecular weight excluding hydrogens is 430 g/mol. The van der Waals surface area contributed by atoms with Crippen LogP contribution in [0.25, 0.3) is 21.8 Å². The summed E-state index contributed by atoms with van der Waals surface area (Å²) in [7, 11) is 0. The maximum atomic E-state index is 13.4. The standard InChI is InChI=1S/C27H27N3O4/c31-26-20-16-21-23(10-12-30(27(21)32)19-5-2-1-3-6-19)28-22(20)9-11-29(26)17-18-7-8-24-25(15-18)34-14-4-13-33-24/h7-12,15-16,19H,1-6,13-14,17H2. The molecule has 0 radical (unpaired) electrons. The van der Waals surface area contributed by atoms with E-state index in [-0.39, 0.29) is 17.2 Å². The lowest BCUT2D eigenvalue weighted by Crippen LogP contribution is -2.26. The molecule has 4 aromatic rings. The Kier molecular flexibility index (Phi) is 5.32. The number of nitrogens with zero attached hydrogens (tertiary/aromatic N) is 3. The second-order valence-corrected chi connectivity index (χ2v) is 9.25. The van der Waals surface area contributed by atoms with E-state index in [0.29, 0.717) is 47.3 Å². The van der Waals surface area contributed by atoms with Gasteiger partial charge in [-0.25, -0.2) is 4.98 Å². The number of pyridine rings is 3. The summed E-state index contributed by atoms with van der Waals surface area (Å²) in [6.07, 6.45) is 10.0. The maximum absolute atomic E-state index is 13.4. The van der Waals surface area contributed by atoms with Crippen LogP contribution in [0.4, 0.5) is 0 Å². The fraction of sp³-hybridized carbons (Fsp3) is 0.370. The smallest absolute Gasteiger partial charge is 0.260 e. The van der Waals surface area contributed by atoms with Crippen molar-refractivity contribution in [2.75, 3.05) is 13.2 Å². The third-order valence-electron chi connectivity index (χ3n) is 6.98. The van der Waals surface area contributed by atoms with E-state index in [1.54, 1.807) is 16.8 Å². The fourth-order valence-corrected chi connectivity index (χ4v) is 5.15. The Morgan fingerprint density at radius 2 is 1.53 bits per heavy atom. The molecule has 0 bridgehead atoms.